The molecule has 2 aromatic carbocycles. The van der Waals surface area contributed by atoms with Gasteiger partial charge in [0.15, 0.2) is 0 Å². The lowest BCUT2D eigenvalue weighted by Crippen LogP contribution is -2.20. The summed E-state index contributed by atoms with van der Waals surface area (Å²) in [4.78, 5) is 23.3. The van der Waals surface area contributed by atoms with Crippen molar-refractivity contribution in [3.05, 3.63) is 65.2 Å². The Morgan fingerprint density at radius 2 is 1.74 bits per heavy atom. The third kappa shape index (κ3) is 6.32. The van der Waals surface area contributed by atoms with Gasteiger partial charge in [-0.2, -0.15) is 5.10 Å². The second kappa shape index (κ2) is 8.70. The maximum absolute atomic E-state index is 11.7. The fraction of sp³-hybridized carbons (Fsp3) is 0.118. The predicted molar refractivity (Wildman–Crippen MR) is 91.5 cm³/mol. The van der Waals surface area contributed by atoms with Crippen molar-refractivity contribution < 1.29 is 9.59 Å². The second-order valence-electron chi connectivity index (χ2n) is 4.76. The first kappa shape index (κ1) is 16.7. The summed E-state index contributed by atoms with van der Waals surface area (Å²) in [5.41, 5.74) is 3.86. The van der Waals surface area contributed by atoms with Gasteiger partial charge in [0.2, 0.25) is 11.8 Å². The highest BCUT2D eigenvalue weighted by molar-refractivity contribution is 6.30. The molecule has 0 aromatic heterocycles. The van der Waals surface area contributed by atoms with Gasteiger partial charge in [0, 0.05) is 23.6 Å². The molecule has 0 spiro atoms. The molecular formula is C17H16ClN3O2. The van der Waals surface area contributed by atoms with Gasteiger partial charge in [-0.25, -0.2) is 5.43 Å². The molecule has 0 saturated heterocycles. The van der Waals surface area contributed by atoms with Crippen LogP contribution in [0.2, 0.25) is 5.02 Å². The van der Waals surface area contributed by atoms with E-state index in [9.17, 15) is 9.59 Å². The summed E-state index contributed by atoms with van der Waals surface area (Å²) >= 11 is 5.84. The van der Waals surface area contributed by atoms with Crippen molar-refractivity contribution in [2.75, 3.05) is 5.32 Å². The van der Waals surface area contributed by atoms with Crippen molar-refractivity contribution >= 4 is 35.3 Å². The quantitative estimate of drug-likeness (QED) is 0.631. The molecule has 0 aliphatic heterocycles. The van der Waals surface area contributed by atoms with Crippen molar-refractivity contribution in [3.8, 4) is 0 Å². The maximum Gasteiger partial charge on any atom is 0.240 e. The molecule has 5 nitrogen and oxygen atoms in total. The van der Waals surface area contributed by atoms with Gasteiger partial charge >= 0.3 is 0 Å². The third-order valence-corrected chi connectivity index (χ3v) is 3.12. The first-order valence-electron chi connectivity index (χ1n) is 7.06. The summed E-state index contributed by atoms with van der Waals surface area (Å²) in [7, 11) is 0. The minimum atomic E-state index is -0.327. The topological polar surface area (TPSA) is 70.6 Å². The Labute approximate surface area is 139 Å². The molecule has 0 bridgehead atoms. The second-order valence-corrected chi connectivity index (χ2v) is 5.20. The van der Waals surface area contributed by atoms with E-state index in [0.29, 0.717) is 10.7 Å². The van der Waals surface area contributed by atoms with Gasteiger partial charge in [-0.3, -0.25) is 9.59 Å². The molecule has 0 heterocycles. The summed E-state index contributed by atoms with van der Waals surface area (Å²) in [6.07, 6.45) is 1.65. The summed E-state index contributed by atoms with van der Waals surface area (Å²) in [5.74, 6) is -0.545. The summed E-state index contributed by atoms with van der Waals surface area (Å²) in [5, 5.41) is 7.14. The van der Waals surface area contributed by atoms with E-state index in [1.807, 2.05) is 24.3 Å². The number of hydrazone groups is 1. The van der Waals surface area contributed by atoms with Crippen LogP contribution >= 0.6 is 11.6 Å². The van der Waals surface area contributed by atoms with Gasteiger partial charge in [-0.05, 0) is 29.8 Å². The Morgan fingerprint density at radius 1 is 1.00 bits per heavy atom. The Balaban J connectivity index is 1.71. The van der Waals surface area contributed by atoms with Crippen LogP contribution in [0.15, 0.2) is 59.7 Å². The lowest BCUT2D eigenvalue weighted by atomic mass is 10.2. The van der Waals surface area contributed by atoms with Crippen molar-refractivity contribution in [1.82, 2.24) is 5.43 Å². The van der Waals surface area contributed by atoms with Gasteiger partial charge in [0.05, 0.1) is 6.21 Å². The molecule has 0 radical (unpaired) electrons. The number of amides is 2. The number of hydrogen-bond donors (Lipinski definition) is 2. The first-order valence-corrected chi connectivity index (χ1v) is 7.43. The number of carbonyl (C=O) groups excluding carboxylic acids is 2. The monoisotopic (exact) mass is 329 g/mol. The third-order valence-electron chi connectivity index (χ3n) is 2.89. The Kier molecular flexibility index (Phi) is 6.32. The number of nitrogens with zero attached hydrogens (tertiary/aromatic N) is 1. The Bertz CT molecular complexity index is 702. The number of benzene rings is 2. The molecular weight excluding hydrogens is 314 g/mol. The number of hydrogen-bond acceptors (Lipinski definition) is 3. The van der Waals surface area contributed by atoms with Gasteiger partial charge in [-0.1, -0.05) is 41.9 Å². The molecule has 2 amide bonds. The van der Waals surface area contributed by atoms with Crippen molar-refractivity contribution in [3.63, 3.8) is 0 Å². The number of nitrogens with one attached hydrogen (secondary N) is 2. The van der Waals surface area contributed by atoms with E-state index in [0.717, 1.165) is 5.56 Å². The fourth-order valence-corrected chi connectivity index (χ4v) is 1.99. The van der Waals surface area contributed by atoms with Gasteiger partial charge in [0.25, 0.3) is 0 Å². The van der Waals surface area contributed by atoms with Gasteiger partial charge in [0.1, 0.15) is 0 Å². The molecule has 0 fully saturated rings. The highest BCUT2D eigenvalue weighted by Crippen LogP contribution is 2.08. The van der Waals surface area contributed by atoms with E-state index in [-0.39, 0.29) is 24.7 Å². The molecule has 6 heteroatoms. The summed E-state index contributed by atoms with van der Waals surface area (Å²) in [6.45, 7) is 0. The Morgan fingerprint density at radius 3 is 2.48 bits per heavy atom. The molecule has 118 valence electrons. The van der Waals surface area contributed by atoms with Crippen LogP contribution < -0.4 is 10.7 Å². The van der Waals surface area contributed by atoms with Gasteiger partial charge < -0.3 is 5.32 Å². The maximum atomic E-state index is 11.7. The highest BCUT2D eigenvalue weighted by atomic mass is 35.5. The van der Waals surface area contributed by atoms with Crippen molar-refractivity contribution in [2.45, 2.75) is 12.8 Å². The van der Waals surface area contributed by atoms with E-state index in [1.165, 1.54) is 6.21 Å². The molecule has 0 unspecified atom stereocenters. The van der Waals surface area contributed by atoms with E-state index in [2.05, 4.69) is 15.8 Å². The molecule has 2 aromatic rings. The molecule has 0 aliphatic carbocycles. The first-order chi connectivity index (χ1) is 11.1. The van der Waals surface area contributed by atoms with Crippen LogP contribution in [-0.2, 0) is 9.59 Å². The number of halogens is 1. The van der Waals surface area contributed by atoms with E-state index in [4.69, 9.17) is 11.6 Å². The molecule has 0 saturated carbocycles. The summed E-state index contributed by atoms with van der Waals surface area (Å²) < 4.78 is 0. The molecule has 23 heavy (non-hydrogen) atoms. The fourth-order valence-electron chi connectivity index (χ4n) is 1.79. The lowest BCUT2D eigenvalue weighted by Gasteiger charge is -2.04. The minimum absolute atomic E-state index is 0.0611. The average molecular weight is 330 g/mol. The predicted octanol–water partition coefficient (Wildman–Crippen LogP) is 3.21. The smallest absolute Gasteiger partial charge is 0.240 e. The van der Waals surface area contributed by atoms with Crippen LogP contribution in [-0.4, -0.2) is 18.0 Å². The average Bonchev–Trinajstić information content (AvgIpc) is 2.54. The van der Waals surface area contributed by atoms with Crippen LogP contribution in [0.3, 0.4) is 0 Å². The molecule has 2 N–H and O–H groups in total. The zero-order chi connectivity index (χ0) is 16.5. The number of rotatable bonds is 6. The highest BCUT2D eigenvalue weighted by Gasteiger charge is 2.06. The minimum Gasteiger partial charge on any atom is -0.326 e. The zero-order valence-electron chi connectivity index (χ0n) is 12.3. The van der Waals surface area contributed by atoms with Crippen LogP contribution in [0.25, 0.3) is 0 Å². The zero-order valence-corrected chi connectivity index (χ0v) is 13.1. The van der Waals surface area contributed by atoms with E-state index in [1.54, 1.807) is 30.3 Å². The van der Waals surface area contributed by atoms with Crippen LogP contribution in [0.5, 0.6) is 0 Å². The standard InChI is InChI=1S/C17H16ClN3O2/c18-14-6-4-5-13(11-14)12-19-21-17(23)10-9-16(22)20-15-7-2-1-3-8-15/h1-8,11-12H,9-10H2,(H,20,22)(H,21,23)/b19-12-. The largest absolute Gasteiger partial charge is 0.326 e. The van der Waals surface area contributed by atoms with Crippen LogP contribution in [0.1, 0.15) is 18.4 Å². The van der Waals surface area contributed by atoms with E-state index >= 15 is 0 Å². The number of anilines is 1. The van der Waals surface area contributed by atoms with E-state index < -0.39 is 0 Å². The van der Waals surface area contributed by atoms with Crippen molar-refractivity contribution in [1.29, 1.82) is 0 Å². The normalized spacial score (nSPS) is 10.5. The van der Waals surface area contributed by atoms with Gasteiger partial charge in [-0.15, -0.1) is 0 Å². The van der Waals surface area contributed by atoms with Crippen molar-refractivity contribution in [2.24, 2.45) is 5.10 Å². The number of para-hydroxylation sites is 1. The SMILES string of the molecule is O=C(CCC(=O)Nc1ccccc1)N/N=C\c1cccc(Cl)c1. The Hall–Kier alpha value is -2.66. The van der Waals surface area contributed by atoms with Crippen LogP contribution in [0.4, 0.5) is 5.69 Å². The molecule has 0 atom stereocenters. The molecule has 0 aliphatic rings. The van der Waals surface area contributed by atoms with Crippen LogP contribution in [0, 0.1) is 0 Å². The molecule has 2 rings (SSSR count). The lowest BCUT2D eigenvalue weighted by molar-refractivity contribution is -0.124. The summed E-state index contributed by atoms with van der Waals surface area (Å²) in [6, 6.07) is 16.2. The number of carbonyl (C=O) groups is 2.